The molecule has 1 aliphatic carbocycles. The first-order chi connectivity index (χ1) is 9.12. The standard InChI is InChI=1S/C11H17N5O3/c17-9(12-7-8-13-15-16-14-8)6-11(10(18)19)4-2-1-3-5-11/h1-7H2,(H,12,17)(H,18,19)(H,13,14,15,16). The monoisotopic (exact) mass is 267 g/mol. The highest BCUT2D eigenvalue weighted by Crippen LogP contribution is 2.39. The molecule has 19 heavy (non-hydrogen) atoms. The number of H-pyrrole nitrogens is 1. The second-order valence-electron chi connectivity index (χ2n) is 4.93. The normalized spacial score (nSPS) is 17.9. The first-order valence-electron chi connectivity index (χ1n) is 6.35. The summed E-state index contributed by atoms with van der Waals surface area (Å²) in [6, 6.07) is 0. The Labute approximate surface area is 110 Å². The number of nitrogens with one attached hydrogen (secondary N) is 2. The zero-order chi connectivity index (χ0) is 13.7. The van der Waals surface area contributed by atoms with Crippen LogP contribution in [0, 0.1) is 5.41 Å². The van der Waals surface area contributed by atoms with Gasteiger partial charge in [0.25, 0.3) is 0 Å². The molecule has 0 spiro atoms. The summed E-state index contributed by atoms with van der Waals surface area (Å²) in [5.74, 6) is -0.780. The molecule has 8 heteroatoms. The Hall–Kier alpha value is -1.99. The van der Waals surface area contributed by atoms with E-state index in [1.165, 1.54) is 0 Å². The van der Waals surface area contributed by atoms with Crippen molar-refractivity contribution < 1.29 is 14.7 Å². The fourth-order valence-corrected chi connectivity index (χ4v) is 2.50. The van der Waals surface area contributed by atoms with E-state index in [2.05, 4.69) is 25.9 Å². The minimum Gasteiger partial charge on any atom is -0.481 e. The summed E-state index contributed by atoms with van der Waals surface area (Å²) in [5, 5.41) is 25.1. The molecule has 1 heterocycles. The third-order valence-electron chi connectivity index (χ3n) is 3.60. The number of carboxylic acids is 1. The van der Waals surface area contributed by atoms with Gasteiger partial charge in [-0.15, -0.1) is 10.2 Å². The van der Waals surface area contributed by atoms with Gasteiger partial charge in [-0.25, -0.2) is 0 Å². The van der Waals surface area contributed by atoms with E-state index in [9.17, 15) is 14.7 Å². The van der Waals surface area contributed by atoms with Crippen LogP contribution < -0.4 is 5.32 Å². The van der Waals surface area contributed by atoms with Gasteiger partial charge in [-0.3, -0.25) is 9.59 Å². The van der Waals surface area contributed by atoms with E-state index < -0.39 is 11.4 Å². The van der Waals surface area contributed by atoms with E-state index in [0.29, 0.717) is 18.7 Å². The van der Waals surface area contributed by atoms with Crippen LogP contribution in [0.3, 0.4) is 0 Å². The molecule has 1 aliphatic rings. The quantitative estimate of drug-likeness (QED) is 0.702. The Kier molecular flexibility index (Phi) is 4.08. The molecular formula is C11H17N5O3. The van der Waals surface area contributed by atoms with Gasteiger partial charge < -0.3 is 10.4 Å². The fourth-order valence-electron chi connectivity index (χ4n) is 2.50. The highest BCUT2D eigenvalue weighted by Gasteiger charge is 2.41. The highest BCUT2D eigenvalue weighted by molar-refractivity contribution is 5.85. The lowest BCUT2D eigenvalue weighted by molar-refractivity contribution is -0.154. The van der Waals surface area contributed by atoms with Gasteiger partial charge >= 0.3 is 5.97 Å². The molecule has 8 nitrogen and oxygen atoms in total. The van der Waals surface area contributed by atoms with Crippen LogP contribution in [0.15, 0.2) is 0 Å². The number of carboxylic acid groups (broad SMARTS) is 1. The Balaban J connectivity index is 1.90. The molecule has 0 aromatic carbocycles. The summed E-state index contributed by atoms with van der Waals surface area (Å²) in [6.45, 7) is 0.158. The van der Waals surface area contributed by atoms with Crippen molar-refractivity contribution in [1.29, 1.82) is 0 Å². The van der Waals surface area contributed by atoms with E-state index in [1.54, 1.807) is 0 Å². The molecule has 1 aromatic rings. The maximum absolute atomic E-state index is 11.9. The van der Waals surface area contributed by atoms with Crippen LogP contribution in [0.25, 0.3) is 0 Å². The molecule has 1 fully saturated rings. The zero-order valence-electron chi connectivity index (χ0n) is 10.6. The number of nitrogens with zero attached hydrogens (tertiary/aromatic N) is 3. The summed E-state index contributed by atoms with van der Waals surface area (Å²) in [7, 11) is 0. The number of aromatic nitrogens is 4. The molecule has 0 saturated heterocycles. The molecule has 0 aliphatic heterocycles. The van der Waals surface area contributed by atoms with Gasteiger partial charge in [0.2, 0.25) is 5.91 Å². The molecular weight excluding hydrogens is 250 g/mol. The molecule has 1 saturated carbocycles. The van der Waals surface area contributed by atoms with Crippen LogP contribution in [0.5, 0.6) is 0 Å². The molecule has 1 aromatic heterocycles. The third kappa shape index (κ3) is 3.27. The van der Waals surface area contributed by atoms with Gasteiger partial charge in [-0.05, 0) is 12.8 Å². The van der Waals surface area contributed by atoms with Crippen molar-refractivity contribution in [3.63, 3.8) is 0 Å². The average Bonchev–Trinajstić information content (AvgIpc) is 2.90. The number of aromatic amines is 1. The second kappa shape index (κ2) is 5.77. The SMILES string of the molecule is O=C(CC1(C(=O)O)CCCCC1)NCc1nn[nH]n1. The van der Waals surface area contributed by atoms with E-state index in [4.69, 9.17) is 0 Å². The molecule has 0 radical (unpaired) electrons. The second-order valence-corrected chi connectivity index (χ2v) is 4.93. The van der Waals surface area contributed by atoms with E-state index in [0.717, 1.165) is 19.3 Å². The number of rotatable bonds is 5. The summed E-state index contributed by atoms with van der Waals surface area (Å²) >= 11 is 0. The van der Waals surface area contributed by atoms with Crippen molar-refractivity contribution in [2.75, 3.05) is 0 Å². The summed E-state index contributed by atoms with van der Waals surface area (Å²) in [5.41, 5.74) is -0.903. The molecule has 1 amide bonds. The predicted molar refractivity (Wildman–Crippen MR) is 63.8 cm³/mol. The minimum atomic E-state index is -0.903. The number of carbonyl (C=O) groups excluding carboxylic acids is 1. The van der Waals surface area contributed by atoms with Crippen LogP contribution in [0.1, 0.15) is 44.3 Å². The maximum atomic E-state index is 11.9. The lowest BCUT2D eigenvalue weighted by Crippen LogP contribution is -2.39. The van der Waals surface area contributed by atoms with Crippen LogP contribution in [-0.2, 0) is 16.1 Å². The summed E-state index contributed by atoms with van der Waals surface area (Å²) in [6.07, 6.45) is 3.92. The van der Waals surface area contributed by atoms with Gasteiger partial charge in [0, 0.05) is 6.42 Å². The van der Waals surface area contributed by atoms with Gasteiger partial charge in [0.15, 0.2) is 5.82 Å². The van der Waals surface area contributed by atoms with Gasteiger partial charge in [0.1, 0.15) is 0 Å². The Morgan fingerprint density at radius 2 is 2.05 bits per heavy atom. The number of hydrogen-bond donors (Lipinski definition) is 3. The Bertz CT molecular complexity index is 439. The minimum absolute atomic E-state index is 0.0141. The molecule has 2 rings (SSSR count). The molecule has 3 N–H and O–H groups in total. The average molecular weight is 267 g/mol. The van der Waals surface area contributed by atoms with Crippen molar-refractivity contribution in [2.24, 2.45) is 5.41 Å². The Morgan fingerprint density at radius 3 is 2.63 bits per heavy atom. The van der Waals surface area contributed by atoms with E-state index >= 15 is 0 Å². The number of aliphatic carboxylic acids is 1. The van der Waals surface area contributed by atoms with Crippen LogP contribution in [-0.4, -0.2) is 37.6 Å². The fraction of sp³-hybridized carbons (Fsp3) is 0.727. The molecule has 104 valence electrons. The highest BCUT2D eigenvalue weighted by atomic mass is 16.4. The number of hydrogen-bond acceptors (Lipinski definition) is 5. The Morgan fingerprint density at radius 1 is 1.32 bits per heavy atom. The predicted octanol–water partition coefficient (Wildman–Crippen LogP) is 0.241. The lowest BCUT2D eigenvalue weighted by atomic mass is 9.71. The number of carbonyl (C=O) groups is 2. The van der Waals surface area contributed by atoms with E-state index in [-0.39, 0.29) is 18.9 Å². The van der Waals surface area contributed by atoms with Crippen molar-refractivity contribution >= 4 is 11.9 Å². The largest absolute Gasteiger partial charge is 0.481 e. The number of tetrazole rings is 1. The van der Waals surface area contributed by atoms with Crippen molar-refractivity contribution in [3.05, 3.63) is 5.82 Å². The van der Waals surface area contributed by atoms with Crippen LogP contribution >= 0.6 is 0 Å². The van der Waals surface area contributed by atoms with E-state index in [1.807, 2.05) is 0 Å². The van der Waals surface area contributed by atoms with Crippen LogP contribution in [0.2, 0.25) is 0 Å². The zero-order valence-corrected chi connectivity index (χ0v) is 10.6. The summed E-state index contributed by atoms with van der Waals surface area (Å²) < 4.78 is 0. The lowest BCUT2D eigenvalue weighted by Gasteiger charge is -2.32. The van der Waals surface area contributed by atoms with Crippen LogP contribution in [0.4, 0.5) is 0 Å². The number of amides is 1. The summed E-state index contributed by atoms with van der Waals surface area (Å²) in [4.78, 5) is 23.3. The van der Waals surface area contributed by atoms with Gasteiger partial charge in [-0.2, -0.15) is 5.21 Å². The third-order valence-corrected chi connectivity index (χ3v) is 3.60. The molecule has 0 unspecified atom stereocenters. The van der Waals surface area contributed by atoms with Gasteiger partial charge in [-0.1, -0.05) is 24.5 Å². The molecule has 0 bridgehead atoms. The maximum Gasteiger partial charge on any atom is 0.310 e. The van der Waals surface area contributed by atoms with Crippen molar-refractivity contribution in [1.82, 2.24) is 25.9 Å². The first kappa shape index (κ1) is 13.4. The van der Waals surface area contributed by atoms with Crippen molar-refractivity contribution in [3.8, 4) is 0 Å². The van der Waals surface area contributed by atoms with Gasteiger partial charge in [0.05, 0.1) is 12.0 Å². The topological polar surface area (TPSA) is 121 Å². The first-order valence-corrected chi connectivity index (χ1v) is 6.35. The van der Waals surface area contributed by atoms with Crippen molar-refractivity contribution in [2.45, 2.75) is 45.1 Å². The molecule has 0 atom stereocenters. The smallest absolute Gasteiger partial charge is 0.310 e.